The summed E-state index contributed by atoms with van der Waals surface area (Å²) < 4.78 is 50.7. The average Bonchev–Trinajstić information content (AvgIpc) is 2.31. The minimum Gasteiger partial charge on any atom is -0.383 e. The Hall–Kier alpha value is -2.11. The van der Waals surface area contributed by atoms with Crippen molar-refractivity contribution in [2.24, 2.45) is 0 Å². The molecule has 0 saturated carbocycles. The fraction of sp³-hybridized carbons (Fsp3) is 0.0833. The van der Waals surface area contributed by atoms with E-state index in [1.54, 1.807) is 0 Å². The fourth-order valence-electron chi connectivity index (χ4n) is 1.54. The van der Waals surface area contributed by atoms with Crippen LogP contribution in [0.25, 0.3) is 11.1 Å². The van der Waals surface area contributed by atoms with Crippen molar-refractivity contribution in [3.8, 4) is 11.1 Å². The van der Waals surface area contributed by atoms with E-state index in [1.807, 2.05) is 0 Å². The lowest BCUT2D eigenvalue weighted by molar-refractivity contribution is -0.137. The van der Waals surface area contributed by atoms with Crippen molar-refractivity contribution < 1.29 is 17.6 Å². The van der Waals surface area contributed by atoms with Crippen molar-refractivity contribution >= 4 is 5.82 Å². The van der Waals surface area contributed by atoms with Crippen LogP contribution in [0.4, 0.5) is 23.4 Å². The first-order valence-electron chi connectivity index (χ1n) is 4.96. The lowest BCUT2D eigenvalue weighted by Crippen LogP contribution is -2.05. The standard InChI is InChI=1S/C12H8F4N2/c13-9-5-10(11(17)18-6-9)7-2-1-3-8(4-7)12(14,15)16/h1-6H,(H2,17,18). The zero-order valence-electron chi connectivity index (χ0n) is 9.00. The Kier molecular flexibility index (Phi) is 2.94. The lowest BCUT2D eigenvalue weighted by atomic mass is 10.0. The first kappa shape index (κ1) is 12.3. The van der Waals surface area contributed by atoms with Gasteiger partial charge in [0.2, 0.25) is 0 Å². The molecular formula is C12H8F4N2. The molecule has 0 fully saturated rings. The summed E-state index contributed by atoms with van der Waals surface area (Å²) in [5.41, 5.74) is 5.02. The summed E-state index contributed by atoms with van der Waals surface area (Å²) >= 11 is 0. The van der Waals surface area contributed by atoms with Crippen LogP contribution in [0, 0.1) is 5.82 Å². The number of benzene rings is 1. The average molecular weight is 256 g/mol. The Morgan fingerprint density at radius 2 is 1.83 bits per heavy atom. The van der Waals surface area contributed by atoms with Gasteiger partial charge in [0.1, 0.15) is 11.6 Å². The monoisotopic (exact) mass is 256 g/mol. The van der Waals surface area contributed by atoms with E-state index in [0.29, 0.717) is 0 Å². The predicted molar refractivity (Wildman–Crippen MR) is 59.0 cm³/mol. The zero-order valence-corrected chi connectivity index (χ0v) is 9.00. The molecule has 0 aliphatic rings. The molecule has 0 bridgehead atoms. The molecule has 1 aromatic carbocycles. The third kappa shape index (κ3) is 2.42. The van der Waals surface area contributed by atoms with Crippen LogP contribution >= 0.6 is 0 Å². The summed E-state index contributed by atoms with van der Waals surface area (Å²) in [6, 6.07) is 5.56. The van der Waals surface area contributed by atoms with Gasteiger partial charge in [-0.25, -0.2) is 9.37 Å². The second-order valence-electron chi connectivity index (χ2n) is 3.66. The molecule has 94 valence electrons. The molecule has 6 heteroatoms. The normalized spacial score (nSPS) is 11.6. The van der Waals surface area contributed by atoms with Crippen LogP contribution in [0.5, 0.6) is 0 Å². The van der Waals surface area contributed by atoms with Gasteiger partial charge >= 0.3 is 6.18 Å². The van der Waals surface area contributed by atoms with Crippen molar-refractivity contribution in [3.05, 3.63) is 47.9 Å². The topological polar surface area (TPSA) is 38.9 Å². The summed E-state index contributed by atoms with van der Waals surface area (Å²) in [6.45, 7) is 0. The van der Waals surface area contributed by atoms with E-state index < -0.39 is 17.6 Å². The third-order valence-electron chi connectivity index (χ3n) is 2.39. The van der Waals surface area contributed by atoms with Crippen LogP contribution in [-0.4, -0.2) is 4.98 Å². The number of aromatic nitrogens is 1. The summed E-state index contributed by atoms with van der Waals surface area (Å²) in [7, 11) is 0. The maximum atomic E-state index is 13.0. The number of nitrogens with zero attached hydrogens (tertiary/aromatic N) is 1. The van der Waals surface area contributed by atoms with Gasteiger partial charge in [-0.3, -0.25) is 0 Å². The number of halogens is 4. The van der Waals surface area contributed by atoms with Crippen molar-refractivity contribution in [3.63, 3.8) is 0 Å². The molecule has 2 N–H and O–H groups in total. The highest BCUT2D eigenvalue weighted by Gasteiger charge is 2.30. The number of anilines is 1. The molecule has 0 aliphatic heterocycles. The maximum Gasteiger partial charge on any atom is 0.416 e. The number of hydrogen-bond donors (Lipinski definition) is 1. The highest BCUT2D eigenvalue weighted by Crippen LogP contribution is 2.33. The molecule has 0 saturated heterocycles. The molecule has 0 atom stereocenters. The maximum absolute atomic E-state index is 13.0. The number of pyridine rings is 1. The molecule has 2 aromatic rings. The highest BCUT2D eigenvalue weighted by atomic mass is 19.4. The van der Waals surface area contributed by atoms with E-state index >= 15 is 0 Å². The van der Waals surface area contributed by atoms with Crippen LogP contribution in [0.3, 0.4) is 0 Å². The largest absolute Gasteiger partial charge is 0.416 e. The first-order valence-corrected chi connectivity index (χ1v) is 4.96. The molecular weight excluding hydrogens is 248 g/mol. The number of rotatable bonds is 1. The van der Waals surface area contributed by atoms with Gasteiger partial charge in [0, 0.05) is 5.56 Å². The second kappa shape index (κ2) is 4.29. The van der Waals surface area contributed by atoms with Gasteiger partial charge in [0.15, 0.2) is 0 Å². The fourth-order valence-corrected chi connectivity index (χ4v) is 1.54. The van der Waals surface area contributed by atoms with Gasteiger partial charge in [-0.2, -0.15) is 13.2 Å². The van der Waals surface area contributed by atoms with Gasteiger partial charge in [-0.05, 0) is 23.8 Å². The molecule has 0 aliphatic carbocycles. The van der Waals surface area contributed by atoms with Crippen LogP contribution in [0.2, 0.25) is 0 Å². The quantitative estimate of drug-likeness (QED) is 0.793. The van der Waals surface area contributed by atoms with Gasteiger partial charge in [-0.15, -0.1) is 0 Å². The van der Waals surface area contributed by atoms with Crippen LogP contribution in [0.1, 0.15) is 5.56 Å². The van der Waals surface area contributed by atoms with Gasteiger partial charge in [-0.1, -0.05) is 12.1 Å². The zero-order chi connectivity index (χ0) is 13.3. The van der Waals surface area contributed by atoms with E-state index in [9.17, 15) is 17.6 Å². The summed E-state index contributed by atoms with van der Waals surface area (Å²) in [4.78, 5) is 3.57. The Morgan fingerprint density at radius 1 is 1.11 bits per heavy atom. The molecule has 2 nitrogen and oxygen atoms in total. The van der Waals surface area contributed by atoms with Crippen molar-refractivity contribution in [1.82, 2.24) is 4.98 Å². The highest BCUT2D eigenvalue weighted by molar-refractivity contribution is 5.74. The number of nitrogen functional groups attached to an aromatic ring is 1. The Morgan fingerprint density at radius 3 is 2.50 bits per heavy atom. The van der Waals surface area contributed by atoms with Crippen LogP contribution in [0.15, 0.2) is 36.5 Å². The van der Waals surface area contributed by atoms with E-state index in [-0.39, 0.29) is 16.9 Å². The third-order valence-corrected chi connectivity index (χ3v) is 2.39. The first-order chi connectivity index (χ1) is 8.38. The Bertz CT molecular complexity index is 579. The second-order valence-corrected chi connectivity index (χ2v) is 3.66. The van der Waals surface area contributed by atoms with E-state index in [0.717, 1.165) is 24.4 Å². The van der Waals surface area contributed by atoms with Gasteiger partial charge < -0.3 is 5.73 Å². The van der Waals surface area contributed by atoms with E-state index in [2.05, 4.69) is 4.98 Å². The minimum atomic E-state index is -4.45. The number of hydrogen-bond acceptors (Lipinski definition) is 2. The molecule has 0 radical (unpaired) electrons. The smallest absolute Gasteiger partial charge is 0.383 e. The van der Waals surface area contributed by atoms with Crippen molar-refractivity contribution in [2.75, 3.05) is 5.73 Å². The summed E-state index contributed by atoms with van der Waals surface area (Å²) in [5.74, 6) is -0.674. The lowest BCUT2D eigenvalue weighted by Gasteiger charge is -2.10. The predicted octanol–water partition coefficient (Wildman–Crippen LogP) is 3.49. The van der Waals surface area contributed by atoms with Crippen molar-refractivity contribution in [2.45, 2.75) is 6.18 Å². The molecule has 1 heterocycles. The molecule has 0 unspecified atom stereocenters. The van der Waals surface area contributed by atoms with Gasteiger partial charge in [0.25, 0.3) is 0 Å². The Balaban J connectivity index is 2.55. The number of alkyl halides is 3. The molecule has 0 amide bonds. The molecule has 0 spiro atoms. The summed E-state index contributed by atoms with van der Waals surface area (Å²) in [5, 5.41) is 0. The SMILES string of the molecule is Nc1ncc(F)cc1-c1cccc(C(F)(F)F)c1. The van der Waals surface area contributed by atoms with E-state index in [1.165, 1.54) is 12.1 Å². The van der Waals surface area contributed by atoms with Crippen molar-refractivity contribution in [1.29, 1.82) is 0 Å². The summed E-state index contributed by atoms with van der Waals surface area (Å²) in [6.07, 6.45) is -3.54. The molecule has 2 rings (SSSR count). The van der Waals surface area contributed by atoms with Crippen LogP contribution in [-0.2, 0) is 6.18 Å². The van der Waals surface area contributed by atoms with Gasteiger partial charge in [0.05, 0.1) is 11.8 Å². The number of nitrogens with two attached hydrogens (primary N) is 1. The Labute approximate surface area is 100 Å². The van der Waals surface area contributed by atoms with E-state index in [4.69, 9.17) is 5.73 Å². The minimum absolute atomic E-state index is 0.0178. The van der Waals surface area contributed by atoms with Crippen LogP contribution < -0.4 is 5.73 Å². The molecule has 1 aromatic heterocycles. The molecule has 18 heavy (non-hydrogen) atoms.